The molecule has 1 aliphatic rings. The van der Waals surface area contributed by atoms with Gasteiger partial charge >= 0.3 is 0 Å². The zero-order valence-corrected chi connectivity index (χ0v) is 13.7. The van der Waals surface area contributed by atoms with E-state index >= 15 is 0 Å². The van der Waals surface area contributed by atoms with Crippen LogP contribution in [0.5, 0.6) is 0 Å². The predicted octanol–water partition coefficient (Wildman–Crippen LogP) is 1.19. The van der Waals surface area contributed by atoms with Crippen molar-refractivity contribution in [2.24, 2.45) is 11.0 Å². The third-order valence-electron chi connectivity index (χ3n) is 4.11. The van der Waals surface area contributed by atoms with E-state index in [4.69, 9.17) is 5.21 Å². The van der Waals surface area contributed by atoms with Crippen molar-refractivity contribution in [1.29, 1.82) is 0 Å². The highest BCUT2D eigenvalue weighted by molar-refractivity contribution is 6.01. The number of anilines is 1. The minimum Gasteiger partial charge on any atom is -0.595 e. The van der Waals surface area contributed by atoms with Gasteiger partial charge in [0.1, 0.15) is 5.69 Å². The van der Waals surface area contributed by atoms with E-state index in [0.717, 1.165) is 35.8 Å². The van der Waals surface area contributed by atoms with Gasteiger partial charge in [-0.3, -0.25) is 5.43 Å². The van der Waals surface area contributed by atoms with Crippen LogP contribution in [0.4, 0.5) is 17.1 Å². The maximum Gasteiger partial charge on any atom is 0.195 e. The van der Waals surface area contributed by atoms with Crippen LogP contribution in [0.1, 0.15) is 26.7 Å². The first-order chi connectivity index (χ1) is 11.3. The molecule has 1 aromatic rings. The van der Waals surface area contributed by atoms with Crippen molar-refractivity contribution in [2.75, 3.05) is 5.43 Å². The first-order valence-corrected chi connectivity index (χ1v) is 7.55. The van der Waals surface area contributed by atoms with E-state index in [1.165, 1.54) is 12.1 Å². The molecule has 0 radical (unpaired) electrons. The summed E-state index contributed by atoms with van der Waals surface area (Å²) in [5.41, 5.74) is 5.77. The maximum absolute atomic E-state index is 11.3. The van der Waals surface area contributed by atoms with Gasteiger partial charge < -0.3 is 10.4 Å². The topological polar surface area (TPSA) is 120 Å². The molecule has 2 unspecified atom stereocenters. The van der Waals surface area contributed by atoms with E-state index in [-0.39, 0.29) is 17.1 Å². The van der Waals surface area contributed by atoms with Gasteiger partial charge in [0, 0.05) is 6.07 Å². The predicted molar refractivity (Wildman–Crippen MR) is 90.3 cm³/mol. The number of allylic oxidation sites excluding steroid dienone is 3. The summed E-state index contributed by atoms with van der Waals surface area (Å²) in [4.78, 5) is 0. The zero-order chi connectivity index (χ0) is 17.9. The van der Waals surface area contributed by atoms with Crippen molar-refractivity contribution >= 4 is 22.8 Å². The van der Waals surface area contributed by atoms with Crippen LogP contribution in [-0.4, -0.2) is 16.1 Å². The number of benzene rings is 1. The molecule has 130 valence electrons. The smallest absolute Gasteiger partial charge is 0.195 e. The fourth-order valence-electron chi connectivity index (χ4n) is 2.50. The zero-order valence-electron chi connectivity index (χ0n) is 13.7. The molecule has 1 aliphatic carbocycles. The molecule has 0 saturated carbocycles. The molecular formula is C16H22N4O4. The Labute approximate surface area is 140 Å². The van der Waals surface area contributed by atoms with E-state index in [2.05, 4.69) is 23.2 Å². The van der Waals surface area contributed by atoms with Gasteiger partial charge in [-0.1, -0.05) is 18.2 Å². The monoisotopic (exact) mass is 334 g/mol. The Hall–Kier alpha value is -2.07. The van der Waals surface area contributed by atoms with Gasteiger partial charge in [0.15, 0.2) is 11.4 Å². The second-order valence-electron chi connectivity index (χ2n) is 5.91. The fraction of sp³-hybridized carbons (Fsp3) is 0.312. The Kier molecular flexibility index (Phi) is 5.84. The van der Waals surface area contributed by atoms with E-state index < -0.39 is 10.5 Å². The van der Waals surface area contributed by atoms with Crippen LogP contribution in [0.3, 0.4) is 0 Å². The number of hydrazone groups is 1. The van der Waals surface area contributed by atoms with Crippen molar-refractivity contribution in [1.82, 2.24) is 0 Å². The van der Waals surface area contributed by atoms with Gasteiger partial charge in [0.2, 0.25) is 0 Å². The SMILES string of the molecule is C=C(C)[C@@H]1CC=C(C)C(=NNc2ccc([NH+]([O-])O)cc2[NH+]([O-])O)C1. The Morgan fingerprint density at radius 2 is 2.04 bits per heavy atom. The van der Waals surface area contributed by atoms with Crippen molar-refractivity contribution in [3.05, 3.63) is 52.4 Å². The molecule has 24 heavy (non-hydrogen) atoms. The summed E-state index contributed by atoms with van der Waals surface area (Å²) in [6.45, 7) is 7.92. The maximum atomic E-state index is 11.3. The summed E-state index contributed by atoms with van der Waals surface area (Å²) in [6.07, 6.45) is 3.75. The normalized spacial score (nSPS) is 22.0. The summed E-state index contributed by atoms with van der Waals surface area (Å²) < 4.78 is 0. The Morgan fingerprint density at radius 3 is 2.62 bits per heavy atom. The molecule has 0 saturated heterocycles. The standard InChI is InChI=1S/C16H22N4O4/c1-10(2)12-5-4-11(3)15(8-12)18-17-14-7-6-13(19(21)22)9-16(14)20(23)24/h4,6-7,9,12,17,19-21,23H,1,5,8H2,2-3H3/t12-/m1/s1. The highest BCUT2D eigenvalue weighted by Gasteiger charge is 2.19. The molecule has 0 aromatic heterocycles. The molecule has 1 aromatic carbocycles. The lowest BCUT2D eigenvalue weighted by molar-refractivity contribution is -0.996. The largest absolute Gasteiger partial charge is 0.595 e. The van der Waals surface area contributed by atoms with Gasteiger partial charge in [0.25, 0.3) is 0 Å². The molecule has 0 amide bonds. The number of nitrogens with zero attached hydrogens (tertiary/aromatic N) is 1. The number of rotatable bonds is 5. The van der Waals surface area contributed by atoms with Gasteiger partial charge in [-0.15, -0.1) is 0 Å². The molecule has 2 rings (SSSR count). The molecule has 0 spiro atoms. The van der Waals surface area contributed by atoms with Crippen LogP contribution in [0.15, 0.2) is 47.1 Å². The number of quaternary nitrogens is 2. The van der Waals surface area contributed by atoms with Gasteiger partial charge in [0.05, 0.1) is 11.8 Å². The number of hydrogen-bond donors (Lipinski definition) is 5. The molecule has 3 atom stereocenters. The van der Waals surface area contributed by atoms with Crippen molar-refractivity contribution in [3.63, 3.8) is 0 Å². The van der Waals surface area contributed by atoms with E-state index in [1.54, 1.807) is 0 Å². The average molecular weight is 334 g/mol. The van der Waals surface area contributed by atoms with Gasteiger partial charge in [-0.2, -0.15) is 15.6 Å². The Balaban J connectivity index is 2.26. The highest BCUT2D eigenvalue weighted by atomic mass is 16.8. The number of nitrogens with one attached hydrogen (secondary N) is 3. The van der Waals surface area contributed by atoms with Crippen LogP contribution in [-0.2, 0) is 0 Å². The van der Waals surface area contributed by atoms with Gasteiger partial charge in [-0.25, -0.2) is 10.4 Å². The third-order valence-corrected chi connectivity index (χ3v) is 4.11. The molecule has 0 bridgehead atoms. The highest BCUT2D eigenvalue weighted by Crippen LogP contribution is 2.27. The second kappa shape index (κ2) is 7.67. The first kappa shape index (κ1) is 18.3. The average Bonchev–Trinajstić information content (AvgIpc) is 2.53. The molecule has 0 heterocycles. The fourth-order valence-corrected chi connectivity index (χ4v) is 2.50. The molecule has 8 heteroatoms. The Morgan fingerprint density at radius 1 is 1.33 bits per heavy atom. The number of hydrogen-bond acceptors (Lipinski definition) is 6. The van der Waals surface area contributed by atoms with Crippen molar-refractivity contribution in [3.8, 4) is 0 Å². The summed E-state index contributed by atoms with van der Waals surface area (Å²) >= 11 is 0. The molecular weight excluding hydrogens is 312 g/mol. The van der Waals surface area contributed by atoms with Gasteiger partial charge in [-0.05, 0) is 44.2 Å². The third kappa shape index (κ3) is 4.26. The summed E-state index contributed by atoms with van der Waals surface area (Å²) in [7, 11) is 0. The summed E-state index contributed by atoms with van der Waals surface area (Å²) in [5.74, 6) is 0.322. The quantitative estimate of drug-likeness (QED) is 0.409. The van der Waals surface area contributed by atoms with Crippen molar-refractivity contribution in [2.45, 2.75) is 26.7 Å². The lowest BCUT2D eigenvalue weighted by atomic mass is 9.85. The van der Waals surface area contributed by atoms with Crippen LogP contribution >= 0.6 is 0 Å². The van der Waals surface area contributed by atoms with Crippen LogP contribution in [0, 0.1) is 16.3 Å². The lowest BCUT2D eigenvalue weighted by Crippen LogP contribution is -3.00. The molecule has 0 aliphatic heterocycles. The lowest BCUT2D eigenvalue weighted by Gasteiger charge is -2.23. The molecule has 8 nitrogen and oxygen atoms in total. The van der Waals surface area contributed by atoms with E-state index in [1.807, 2.05) is 13.8 Å². The summed E-state index contributed by atoms with van der Waals surface area (Å²) in [5, 5.41) is 42.5. The molecule has 0 fully saturated rings. The van der Waals surface area contributed by atoms with E-state index in [9.17, 15) is 15.6 Å². The van der Waals surface area contributed by atoms with Crippen LogP contribution < -0.4 is 15.9 Å². The van der Waals surface area contributed by atoms with Crippen LogP contribution in [0.25, 0.3) is 0 Å². The van der Waals surface area contributed by atoms with Crippen molar-refractivity contribution < 1.29 is 20.9 Å². The van der Waals surface area contributed by atoms with Crippen LogP contribution in [0.2, 0.25) is 0 Å². The van der Waals surface area contributed by atoms with E-state index in [0.29, 0.717) is 5.92 Å². The molecule has 5 N–H and O–H groups in total. The minimum atomic E-state index is -1.21. The second-order valence-corrected chi connectivity index (χ2v) is 5.91. The Bertz CT molecular complexity index is 683. The minimum absolute atomic E-state index is 0.0818. The first-order valence-electron chi connectivity index (χ1n) is 7.55. The summed E-state index contributed by atoms with van der Waals surface area (Å²) in [6, 6.07) is 3.88.